The Labute approximate surface area is 107 Å². The monoisotopic (exact) mass is 267 g/mol. The second kappa shape index (κ2) is 4.10. The molecule has 18 heavy (non-hydrogen) atoms. The van der Waals surface area contributed by atoms with Gasteiger partial charge in [0.25, 0.3) is 0 Å². The smallest absolute Gasteiger partial charge is 0.147 e. The van der Waals surface area contributed by atoms with Crippen molar-refractivity contribution in [1.82, 2.24) is 14.9 Å². The van der Waals surface area contributed by atoms with Gasteiger partial charge >= 0.3 is 0 Å². The average Bonchev–Trinajstić information content (AvgIpc) is 2.74. The largest absolute Gasteiger partial charge is 0.369 e. The van der Waals surface area contributed by atoms with Crippen molar-refractivity contribution in [3.8, 4) is 11.4 Å². The molecule has 1 aliphatic heterocycles. The summed E-state index contributed by atoms with van der Waals surface area (Å²) in [5.41, 5.74) is 0.524. The number of alkyl halides is 1. The number of aromatic nitrogens is 2. The third kappa shape index (κ3) is 1.67. The molecule has 1 atom stereocenters. The zero-order chi connectivity index (χ0) is 12.7. The van der Waals surface area contributed by atoms with Crippen LogP contribution in [-0.2, 0) is 0 Å². The van der Waals surface area contributed by atoms with Gasteiger partial charge in [0.2, 0.25) is 0 Å². The number of nitrogens with zero attached hydrogens (tertiary/aromatic N) is 2. The van der Waals surface area contributed by atoms with Gasteiger partial charge in [0.05, 0.1) is 17.5 Å². The van der Waals surface area contributed by atoms with E-state index < -0.39 is 17.1 Å². The molecule has 1 unspecified atom stereocenters. The summed E-state index contributed by atoms with van der Waals surface area (Å²) < 4.78 is 28.3. The van der Waals surface area contributed by atoms with Gasteiger partial charge < -0.3 is 5.32 Å². The Morgan fingerprint density at radius 3 is 2.94 bits per heavy atom. The Balaban J connectivity index is 2.17. The van der Waals surface area contributed by atoms with Crippen LogP contribution in [0.3, 0.4) is 0 Å². The summed E-state index contributed by atoms with van der Waals surface area (Å²) in [7, 11) is 0. The lowest BCUT2D eigenvalue weighted by Gasteiger charge is -2.17. The number of nitrogens with one attached hydrogen (secondary N) is 1. The van der Waals surface area contributed by atoms with E-state index in [1.807, 2.05) is 0 Å². The van der Waals surface area contributed by atoms with Crippen LogP contribution < -0.4 is 5.32 Å². The van der Waals surface area contributed by atoms with Gasteiger partial charge in [0, 0.05) is 18.5 Å². The SMILES string of the molecule is Fc1ccc(-c2ncc3n2C=CNC3Cl)c(F)c1. The lowest BCUT2D eigenvalue weighted by atomic mass is 10.2. The zero-order valence-electron chi connectivity index (χ0n) is 9.07. The van der Waals surface area contributed by atoms with Gasteiger partial charge in [-0.1, -0.05) is 11.6 Å². The summed E-state index contributed by atoms with van der Waals surface area (Å²) in [6, 6.07) is 3.39. The molecular weight excluding hydrogens is 260 g/mol. The molecule has 92 valence electrons. The molecule has 1 aromatic carbocycles. The molecule has 0 aliphatic carbocycles. The van der Waals surface area contributed by atoms with Crippen molar-refractivity contribution in [2.75, 3.05) is 0 Å². The average molecular weight is 268 g/mol. The summed E-state index contributed by atoms with van der Waals surface area (Å²) in [4.78, 5) is 4.13. The van der Waals surface area contributed by atoms with Gasteiger partial charge in [-0.05, 0) is 12.1 Å². The van der Waals surface area contributed by atoms with Crippen LogP contribution in [0.2, 0.25) is 0 Å². The normalized spacial score (nSPS) is 17.4. The molecule has 3 rings (SSSR count). The molecule has 1 aliphatic rings. The summed E-state index contributed by atoms with van der Waals surface area (Å²) in [5.74, 6) is -0.874. The minimum atomic E-state index is -0.651. The highest BCUT2D eigenvalue weighted by atomic mass is 35.5. The van der Waals surface area contributed by atoms with Crippen LogP contribution in [0.1, 0.15) is 11.2 Å². The summed E-state index contributed by atoms with van der Waals surface area (Å²) in [6.07, 6.45) is 4.91. The number of fused-ring (bicyclic) bond motifs is 1. The van der Waals surface area contributed by atoms with Gasteiger partial charge in [-0.25, -0.2) is 13.8 Å². The van der Waals surface area contributed by atoms with Crippen LogP contribution >= 0.6 is 11.6 Å². The van der Waals surface area contributed by atoms with Crippen molar-refractivity contribution in [2.45, 2.75) is 5.50 Å². The van der Waals surface area contributed by atoms with Gasteiger partial charge in [0.15, 0.2) is 0 Å². The van der Waals surface area contributed by atoms with Crippen LogP contribution in [0.4, 0.5) is 8.78 Å². The maximum atomic E-state index is 13.7. The van der Waals surface area contributed by atoms with E-state index in [9.17, 15) is 8.78 Å². The third-order valence-corrected chi connectivity index (χ3v) is 3.07. The molecule has 0 saturated heterocycles. The molecule has 0 fully saturated rings. The first-order valence-electron chi connectivity index (χ1n) is 5.26. The highest BCUT2D eigenvalue weighted by Gasteiger charge is 2.20. The van der Waals surface area contributed by atoms with Crippen LogP contribution in [-0.4, -0.2) is 9.55 Å². The number of hydrogen-bond donors (Lipinski definition) is 1. The van der Waals surface area contributed by atoms with E-state index in [4.69, 9.17) is 11.6 Å². The highest BCUT2D eigenvalue weighted by Crippen LogP contribution is 2.29. The van der Waals surface area contributed by atoms with E-state index in [0.29, 0.717) is 11.5 Å². The quantitative estimate of drug-likeness (QED) is 0.636. The van der Waals surface area contributed by atoms with E-state index in [1.54, 1.807) is 23.2 Å². The van der Waals surface area contributed by atoms with Crippen LogP contribution in [0.15, 0.2) is 30.6 Å². The fraction of sp³-hybridized carbons (Fsp3) is 0.0833. The molecule has 2 aromatic rings. The van der Waals surface area contributed by atoms with Crippen molar-refractivity contribution in [3.63, 3.8) is 0 Å². The Kier molecular flexibility index (Phi) is 2.56. The zero-order valence-corrected chi connectivity index (χ0v) is 9.83. The van der Waals surface area contributed by atoms with Crippen molar-refractivity contribution in [3.05, 3.63) is 47.9 Å². The Morgan fingerprint density at radius 1 is 1.33 bits per heavy atom. The fourth-order valence-electron chi connectivity index (χ4n) is 1.88. The van der Waals surface area contributed by atoms with Crippen LogP contribution in [0, 0.1) is 11.6 Å². The molecule has 3 nitrogen and oxygen atoms in total. The van der Waals surface area contributed by atoms with Crippen molar-refractivity contribution < 1.29 is 8.78 Å². The second-order valence-electron chi connectivity index (χ2n) is 3.85. The molecule has 1 N–H and O–H groups in total. The number of halogens is 3. The molecular formula is C12H8ClF2N3. The molecule has 1 aromatic heterocycles. The van der Waals surface area contributed by atoms with Gasteiger partial charge in [-0.15, -0.1) is 0 Å². The maximum absolute atomic E-state index is 13.7. The van der Waals surface area contributed by atoms with E-state index in [2.05, 4.69) is 10.3 Å². The Morgan fingerprint density at radius 2 is 2.17 bits per heavy atom. The number of hydrogen-bond acceptors (Lipinski definition) is 2. The maximum Gasteiger partial charge on any atom is 0.147 e. The summed E-state index contributed by atoms with van der Waals surface area (Å²) in [6.45, 7) is 0. The topological polar surface area (TPSA) is 29.9 Å². The lowest BCUT2D eigenvalue weighted by Crippen LogP contribution is -2.17. The first-order chi connectivity index (χ1) is 8.66. The third-order valence-electron chi connectivity index (χ3n) is 2.72. The Hall–Kier alpha value is -1.88. The van der Waals surface area contributed by atoms with Gasteiger partial charge in [0.1, 0.15) is 23.0 Å². The number of imidazole rings is 1. The molecule has 0 amide bonds. The van der Waals surface area contributed by atoms with E-state index >= 15 is 0 Å². The van der Waals surface area contributed by atoms with Crippen molar-refractivity contribution >= 4 is 17.8 Å². The first-order valence-corrected chi connectivity index (χ1v) is 5.70. The minimum absolute atomic E-state index is 0.234. The molecule has 0 radical (unpaired) electrons. The molecule has 0 saturated carbocycles. The standard InChI is InChI=1S/C12H8ClF2N3/c13-11-10-6-17-12(18(10)4-3-16-11)8-2-1-7(14)5-9(8)15/h1-6,11,16H. The van der Waals surface area contributed by atoms with Crippen LogP contribution in [0.5, 0.6) is 0 Å². The van der Waals surface area contributed by atoms with E-state index in [-0.39, 0.29) is 5.56 Å². The molecule has 6 heteroatoms. The second-order valence-corrected chi connectivity index (χ2v) is 4.28. The summed E-state index contributed by atoms with van der Waals surface area (Å²) >= 11 is 6.04. The predicted molar refractivity (Wildman–Crippen MR) is 64.6 cm³/mol. The Bertz CT molecular complexity index is 636. The van der Waals surface area contributed by atoms with E-state index in [1.165, 1.54) is 12.1 Å². The van der Waals surface area contributed by atoms with E-state index in [0.717, 1.165) is 6.07 Å². The van der Waals surface area contributed by atoms with Gasteiger partial charge in [-0.2, -0.15) is 0 Å². The first kappa shape index (κ1) is 11.2. The summed E-state index contributed by atoms with van der Waals surface area (Å²) in [5, 5.41) is 2.90. The van der Waals surface area contributed by atoms with Gasteiger partial charge in [-0.3, -0.25) is 4.57 Å². The molecule has 2 heterocycles. The molecule has 0 spiro atoms. The van der Waals surface area contributed by atoms with Crippen LogP contribution in [0.25, 0.3) is 17.6 Å². The predicted octanol–water partition coefficient (Wildman–Crippen LogP) is 3.10. The fourth-order valence-corrected chi connectivity index (χ4v) is 2.11. The minimum Gasteiger partial charge on any atom is -0.369 e. The molecule has 0 bridgehead atoms. The number of rotatable bonds is 1. The lowest BCUT2D eigenvalue weighted by molar-refractivity contribution is 0.584. The number of benzene rings is 1. The highest BCUT2D eigenvalue weighted by molar-refractivity contribution is 6.20. The van der Waals surface area contributed by atoms with Crippen molar-refractivity contribution in [2.24, 2.45) is 0 Å². The van der Waals surface area contributed by atoms with Crippen molar-refractivity contribution in [1.29, 1.82) is 0 Å².